The topological polar surface area (TPSA) is 61.6 Å². The fourth-order valence-electron chi connectivity index (χ4n) is 2.13. The van der Waals surface area contributed by atoms with E-state index in [1.54, 1.807) is 0 Å². The number of rotatable bonds is 5. The summed E-state index contributed by atoms with van der Waals surface area (Å²) in [6.45, 7) is 2.40. The smallest absolute Gasteiger partial charge is 0.416 e. The van der Waals surface area contributed by atoms with Crippen molar-refractivity contribution in [1.82, 2.24) is 0 Å². The Morgan fingerprint density at radius 1 is 1.36 bits per heavy atom. The highest BCUT2D eigenvalue weighted by Crippen LogP contribution is 2.33. The molecule has 1 aromatic rings. The average molecular weight is 315 g/mol. The van der Waals surface area contributed by atoms with E-state index in [9.17, 15) is 18.0 Å². The van der Waals surface area contributed by atoms with Gasteiger partial charge in [-0.3, -0.25) is 4.79 Å². The average Bonchev–Trinajstić information content (AvgIpc) is 2.73. The van der Waals surface area contributed by atoms with Crippen LogP contribution in [0.4, 0.5) is 13.2 Å². The Labute approximate surface area is 125 Å². The molecule has 1 aliphatic heterocycles. The maximum absolute atomic E-state index is 12.7. The number of carbonyl (C=O) groups is 1. The molecule has 0 bridgehead atoms. The van der Waals surface area contributed by atoms with Gasteiger partial charge in [-0.2, -0.15) is 13.2 Å². The Hall–Kier alpha value is -2.02. The predicted octanol–water partition coefficient (Wildman–Crippen LogP) is 2.73. The lowest BCUT2D eigenvalue weighted by Gasteiger charge is -2.10. The van der Waals surface area contributed by atoms with E-state index in [1.807, 2.05) is 6.92 Å². The van der Waals surface area contributed by atoms with Gasteiger partial charge in [-0.15, -0.1) is 0 Å². The van der Waals surface area contributed by atoms with Gasteiger partial charge in [0.15, 0.2) is 12.0 Å². The number of benzene rings is 1. The SMILES string of the molecule is CCCOCC1OC(N)=C(c2cccc(C(F)(F)F)c2)C1=O. The lowest BCUT2D eigenvalue weighted by atomic mass is 9.99. The van der Waals surface area contributed by atoms with E-state index in [1.165, 1.54) is 12.1 Å². The number of halogens is 3. The molecule has 22 heavy (non-hydrogen) atoms. The van der Waals surface area contributed by atoms with Gasteiger partial charge < -0.3 is 15.2 Å². The van der Waals surface area contributed by atoms with Crippen LogP contribution in [0.5, 0.6) is 0 Å². The van der Waals surface area contributed by atoms with Crippen molar-refractivity contribution in [3.05, 3.63) is 41.3 Å². The maximum atomic E-state index is 12.7. The second-order valence-corrected chi connectivity index (χ2v) is 4.86. The Balaban J connectivity index is 2.22. The second kappa shape index (κ2) is 6.39. The van der Waals surface area contributed by atoms with Crippen LogP contribution in [-0.2, 0) is 20.4 Å². The summed E-state index contributed by atoms with van der Waals surface area (Å²) in [7, 11) is 0. The minimum Gasteiger partial charge on any atom is -0.465 e. The van der Waals surface area contributed by atoms with Crippen LogP contribution < -0.4 is 5.73 Å². The molecule has 4 nitrogen and oxygen atoms in total. The summed E-state index contributed by atoms with van der Waals surface area (Å²) in [6.07, 6.45) is -4.61. The molecule has 1 aromatic carbocycles. The summed E-state index contributed by atoms with van der Waals surface area (Å²) in [4.78, 5) is 12.2. The van der Waals surface area contributed by atoms with Crippen LogP contribution in [0.15, 0.2) is 30.1 Å². The Kier molecular flexibility index (Phi) is 4.75. The van der Waals surface area contributed by atoms with Crippen molar-refractivity contribution in [2.75, 3.05) is 13.2 Å². The summed E-state index contributed by atoms with van der Waals surface area (Å²) >= 11 is 0. The van der Waals surface area contributed by atoms with Crippen LogP contribution in [0, 0.1) is 0 Å². The van der Waals surface area contributed by atoms with E-state index in [0.717, 1.165) is 18.6 Å². The van der Waals surface area contributed by atoms with Gasteiger partial charge in [-0.1, -0.05) is 19.1 Å². The molecular weight excluding hydrogens is 299 g/mol. The van der Waals surface area contributed by atoms with E-state index in [-0.39, 0.29) is 23.6 Å². The standard InChI is InChI=1S/C15H16F3NO3/c1-2-6-21-8-11-13(20)12(14(19)22-11)9-4-3-5-10(7-9)15(16,17)18/h3-5,7,11H,2,6,8,19H2,1H3. The number of ether oxygens (including phenoxy) is 2. The van der Waals surface area contributed by atoms with Crippen molar-refractivity contribution >= 4 is 11.4 Å². The number of alkyl halides is 3. The van der Waals surface area contributed by atoms with Gasteiger partial charge >= 0.3 is 6.18 Å². The number of hydrogen-bond acceptors (Lipinski definition) is 4. The van der Waals surface area contributed by atoms with E-state index in [4.69, 9.17) is 15.2 Å². The summed E-state index contributed by atoms with van der Waals surface area (Å²) in [6, 6.07) is 4.45. The molecular formula is C15H16F3NO3. The van der Waals surface area contributed by atoms with Crippen LogP contribution >= 0.6 is 0 Å². The molecule has 1 aliphatic rings. The normalized spacial score (nSPS) is 18.7. The van der Waals surface area contributed by atoms with Crippen molar-refractivity contribution in [2.45, 2.75) is 25.6 Å². The van der Waals surface area contributed by atoms with Gasteiger partial charge in [0.1, 0.15) is 0 Å². The quantitative estimate of drug-likeness (QED) is 0.849. The summed E-state index contributed by atoms with van der Waals surface area (Å²) in [5.74, 6) is -0.637. The summed E-state index contributed by atoms with van der Waals surface area (Å²) in [5, 5.41) is 0. The van der Waals surface area contributed by atoms with E-state index < -0.39 is 23.6 Å². The molecule has 7 heteroatoms. The highest BCUT2D eigenvalue weighted by atomic mass is 19.4. The first-order valence-corrected chi connectivity index (χ1v) is 6.80. The third-order valence-electron chi connectivity index (χ3n) is 3.15. The lowest BCUT2D eigenvalue weighted by molar-refractivity contribution is -0.137. The van der Waals surface area contributed by atoms with Crippen molar-refractivity contribution in [3.8, 4) is 0 Å². The van der Waals surface area contributed by atoms with Crippen LogP contribution in [-0.4, -0.2) is 25.1 Å². The Morgan fingerprint density at radius 2 is 2.09 bits per heavy atom. The fraction of sp³-hybridized carbons (Fsp3) is 0.400. The minimum atomic E-state index is -4.49. The number of ketones is 1. The molecule has 0 saturated heterocycles. The number of hydrogen-bond donors (Lipinski definition) is 1. The number of Topliss-reactive ketones (excluding diaryl/α,β-unsaturated/α-hetero) is 1. The molecule has 0 saturated carbocycles. The van der Waals surface area contributed by atoms with Gasteiger partial charge in [0.25, 0.3) is 0 Å². The third-order valence-corrected chi connectivity index (χ3v) is 3.15. The molecule has 0 radical (unpaired) electrons. The molecule has 2 rings (SSSR count). The second-order valence-electron chi connectivity index (χ2n) is 4.86. The van der Waals surface area contributed by atoms with Crippen molar-refractivity contribution in [2.24, 2.45) is 5.73 Å². The van der Waals surface area contributed by atoms with Crippen LogP contribution in [0.2, 0.25) is 0 Å². The molecule has 2 N–H and O–H groups in total. The molecule has 0 aromatic heterocycles. The zero-order chi connectivity index (χ0) is 16.3. The number of nitrogens with two attached hydrogens (primary N) is 1. The first-order valence-electron chi connectivity index (χ1n) is 6.80. The van der Waals surface area contributed by atoms with E-state index in [0.29, 0.717) is 6.61 Å². The first-order chi connectivity index (χ1) is 10.3. The molecule has 120 valence electrons. The summed E-state index contributed by atoms with van der Waals surface area (Å²) in [5.41, 5.74) is 4.87. The lowest BCUT2D eigenvalue weighted by Crippen LogP contribution is -2.24. The minimum absolute atomic E-state index is 0.0236. The molecule has 0 spiro atoms. The molecule has 1 unspecified atom stereocenters. The molecule has 0 amide bonds. The summed E-state index contributed by atoms with van der Waals surface area (Å²) < 4.78 is 48.7. The third kappa shape index (κ3) is 3.41. The van der Waals surface area contributed by atoms with Gasteiger partial charge in [0.05, 0.1) is 17.7 Å². The number of carbonyl (C=O) groups excluding carboxylic acids is 1. The van der Waals surface area contributed by atoms with Gasteiger partial charge in [0, 0.05) is 6.61 Å². The van der Waals surface area contributed by atoms with Gasteiger partial charge in [-0.25, -0.2) is 0 Å². The largest absolute Gasteiger partial charge is 0.465 e. The molecule has 0 aliphatic carbocycles. The first kappa shape index (κ1) is 16.4. The van der Waals surface area contributed by atoms with Crippen LogP contribution in [0.1, 0.15) is 24.5 Å². The Morgan fingerprint density at radius 3 is 2.73 bits per heavy atom. The van der Waals surface area contributed by atoms with Gasteiger partial charge in [-0.05, 0) is 24.1 Å². The van der Waals surface area contributed by atoms with Crippen LogP contribution in [0.3, 0.4) is 0 Å². The molecule has 1 atom stereocenters. The highest BCUT2D eigenvalue weighted by molar-refractivity contribution is 6.25. The van der Waals surface area contributed by atoms with Crippen molar-refractivity contribution < 1.29 is 27.4 Å². The predicted molar refractivity (Wildman–Crippen MR) is 73.5 cm³/mol. The maximum Gasteiger partial charge on any atom is 0.416 e. The van der Waals surface area contributed by atoms with E-state index in [2.05, 4.69) is 0 Å². The molecule has 0 fully saturated rings. The highest BCUT2D eigenvalue weighted by Gasteiger charge is 2.36. The fourth-order valence-corrected chi connectivity index (χ4v) is 2.13. The van der Waals surface area contributed by atoms with E-state index >= 15 is 0 Å². The molecule has 1 heterocycles. The monoisotopic (exact) mass is 315 g/mol. The van der Waals surface area contributed by atoms with Crippen molar-refractivity contribution in [1.29, 1.82) is 0 Å². The van der Waals surface area contributed by atoms with Gasteiger partial charge in [0.2, 0.25) is 5.78 Å². The van der Waals surface area contributed by atoms with Crippen molar-refractivity contribution in [3.63, 3.8) is 0 Å². The zero-order valence-electron chi connectivity index (χ0n) is 11.9. The Bertz CT molecular complexity index is 596. The van der Waals surface area contributed by atoms with Crippen LogP contribution in [0.25, 0.3) is 5.57 Å². The zero-order valence-corrected chi connectivity index (χ0v) is 11.9.